The summed E-state index contributed by atoms with van der Waals surface area (Å²) in [4.78, 5) is 48.5. The van der Waals surface area contributed by atoms with Gasteiger partial charge in [-0.2, -0.15) is 26.3 Å². The Kier molecular flexibility index (Phi) is 8.25. The largest absolute Gasteiger partial charge is 0.416 e. The van der Waals surface area contributed by atoms with Gasteiger partial charge in [-0.15, -0.1) is 0 Å². The van der Waals surface area contributed by atoms with Gasteiger partial charge in [0.1, 0.15) is 11.6 Å². The Labute approximate surface area is 259 Å². The van der Waals surface area contributed by atoms with Gasteiger partial charge in [-0.05, 0) is 93.2 Å². The molecule has 46 heavy (non-hydrogen) atoms. The number of hydrogen-bond donors (Lipinski definition) is 0. The van der Waals surface area contributed by atoms with Crippen molar-refractivity contribution in [3.8, 4) is 11.1 Å². The first-order valence-corrected chi connectivity index (χ1v) is 14.3. The standard InChI is InChI=1S/C32H29F7N4O3/c1-17-10-21(33)7-8-22(17)23-14-26(43-27(44)16-42-9-5-6-24(42)28(43)45)40-15-25(23)41(4)29(46)30(2,3)18-11-19(31(34,35)36)13-20(12-18)32(37,38)39/h7-8,10-15,24H,5-6,9,16H2,1-4H3/t24-/m1/s1. The molecular formula is C32H29F7N4O3. The lowest BCUT2D eigenvalue weighted by atomic mass is 9.81. The average Bonchev–Trinajstić information content (AvgIpc) is 3.44. The molecule has 3 heterocycles. The molecule has 1 atom stereocenters. The summed E-state index contributed by atoms with van der Waals surface area (Å²) in [5.41, 5.74) is -4.50. The van der Waals surface area contributed by atoms with Gasteiger partial charge in [-0.3, -0.25) is 19.3 Å². The van der Waals surface area contributed by atoms with Crippen molar-refractivity contribution in [2.75, 3.05) is 29.9 Å². The Hall–Kier alpha value is -4.33. The molecule has 2 aromatic carbocycles. The lowest BCUT2D eigenvalue weighted by molar-refractivity contribution is -0.143. The van der Waals surface area contributed by atoms with Crippen molar-refractivity contribution in [3.63, 3.8) is 0 Å². The zero-order valence-corrected chi connectivity index (χ0v) is 25.2. The number of fused-ring (bicyclic) bond motifs is 1. The highest BCUT2D eigenvalue weighted by molar-refractivity contribution is 6.19. The minimum absolute atomic E-state index is 0.00573. The Morgan fingerprint density at radius 3 is 2.11 bits per heavy atom. The summed E-state index contributed by atoms with van der Waals surface area (Å²) in [6.07, 6.45) is -7.75. The molecule has 2 fully saturated rings. The number of halogens is 7. The van der Waals surface area contributed by atoms with E-state index in [0.29, 0.717) is 36.2 Å². The van der Waals surface area contributed by atoms with Gasteiger partial charge in [-0.1, -0.05) is 6.07 Å². The second-order valence-corrected chi connectivity index (χ2v) is 12.0. The summed E-state index contributed by atoms with van der Waals surface area (Å²) in [5.74, 6) is -2.47. The van der Waals surface area contributed by atoms with Crippen LogP contribution in [0, 0.1) is 12.7 Å². The highest BCUT2D eigenvalue weighted by Gasteiger charge is 2.44. The molecular weight excluding hydrogens is 621 g/mol. The van der Waals surface area contributed by atoms with E-state index in [-0.39, 0.29) is 29.7 Å². The van der Waals surface area contributed by atoms with Crippen LogP contribution in [-0.2, 0) is 32.2 Å². The van der Waals surface area contributed by atoms with Crippen LogP contribution in [0.3, 0.4) is 0 Å². The summed E-state index contributed by atoms with van der Waals surface area (Å²) < 4.78 is 95.8. The highest BCUT2D eigenvalue weighted by atomic mass is 19.4. The van der Waals surface area contributed by atoms with E-state index in [9.17, 15) is 45.1 Å². The molecule has 3 amide bonds. The average molecular weight is 651 g/mol. The number of pyridine rings is 1. The molecule has 0 N–H and O–H groups in total. The molecule has 2 aliphatic heterocycles. The smallest absolute Gasteiger partial charge is 0.313 e. The fraction of sp³-hybridized carbons (Fsp3) is 0.375. The molecule has 2 aliphatic rings. The number of aromatic nitrogens is 1. The molecule has 0 spiro atoms. The maximum atomic E-state index is 14.1. The van der Waals surface area contributed by atoms with E-state index in [1.807, 2.05) is 0 Å². The number of anilines is 2. The second kappa shape index (κ2) is 11.5. The third-order valence-corrected chi connectivity index (χ3v) is 8.54. The molecule has 2 saturated heterocycles. The molecule has 0 radical (unpaired) electrons. The number of amides is 3. The zero-order chi connectivity index (χ0) is 33.9. The van der Waals surface area contributed by atoms with Gasteiger partial charge < -0.3 is 4.90 Å². The number of hydrogen-bond acceptors (Lipinski definition) is 5. The summed E-state index contributed by atoms with van der Waals surface area (Å²) in [5, 5.41) is 0. The first kappa shape index (κ1) is 33.0. The predicted octanol–water partition coefficient (Wildman–Crippen LogP) is 6.51. The van der Waals surface area contributed by atoms with Gasteiger partial charge in [0, 0.05) is 12.6 Å². The Morgan fingerprint density at radius 1 is 0.913 bits per heavy atom. The zero-order valence-electron chi connectivity index (χ0n) is 25.2. The number of rotatable bonds is 5. The topological polar surface area (TPSA) is 73.8 Å². The molecule has 0 saturated carbocycles. The lowest BCUT2D eigenvalue weighted by Gasteiger charge is -2.35. The maximum Gasteiger partial charge on any atom is 0.416 e. The number of piperazine rings is 1. The highest BCUT2D eigenvalue weighted by Crippen LogP contribution is 2.41. The molecule has 7 nitrogen and oxygen atoms in total. The van der Waals surface area contributed by atoms with Crippen LogP contribution in [0.4, 0.5) is 42.2 Å². The van der Waals surface area contributed by atoms with Gasteiger partial charge in [0.2, 0.25) is 11.8 Å². The van der Waals surface area contributed by atoms with Crippen molar-refractivity contribution in [2.24, 2.45) is 0 Å². The Morgan fingerprint density at radius 2 is 1.52 bits per heavy atom. The molecule has 1 aromatic heterocycles. The van der Waals surface area contributed by atoms with E-state index in [2.05, 4.69) is 4.98 Å². The number of aryl methyl sites for hydroxylation is 1. The van der Waals surface area contributed by atoms with E-state index in [0.717, 1.165) is 22.3 Å². The molecule has 244 valence electrons. The third-order valence-electron chi connectivity index (χ3n) is 8.54. The number of imide groups is 1. The van der Waals surface area contributed by atoms with Crippen LogP contribution >= 0.6 is 0 Å². The molecule has 0 aliphatic carbocycles. The van der Waals surface area contributed by atoms with E-state index in [1.165, 1.54) is 45.3 Å². The summed E-state index contributed by atoms with van der Waals surface area (Å²) >= 11 is 0. The van der Waals surface area contributed by atoms with Crippen LogP contribution in [0.1, 0.15) is 48.9 Å². The molecule has 14 heteroatoms. The quantitative estimate of drug-likeness (QED) is 0.233. The van der Waals surface area contributed by atoms with Crippen molar-refractivity contribution in [1.29, 1.82) is 0 Å². The van der Waals surface area contributed by atoms with Gasteiger partial charge in [0.25, 0.3) is 5.91 Å². The Bertz CT molecular complexity index is 1700. The summed E-state index contributed by atoms with van der Waals surface area (Å²) in [7, 11) is 1.27. The number of likely N-dealkylation sites (N-methyl/N-ethyl adjacent to an activating group) is 1. The van der Waals surface area contributed by atoms with Crippen molar-refractivity contribution >= 4 is 29.2 Å². The number of carbonyl (C=O) groups excluding carboxylic acids is 3. The van der Waals surface area contributed by atoms with Crippen LogP contribution in [0.25, 0.3) is 11.1 Å². The van der Waals surface area contributed by atoms with E-state index in [1.54, 1.807) is 11.8 Å². The molecule has 0 bridgehead atoms. The van der Waals surface area contributed by atoms with Gasteiger partial charge in [0.05, 0.1) is 41.0 Å². The normalized spacial score (nSPS) is 17.8. The van der Waals surface area contributed by atoms with Crippen LogP contribution in [-0.4, -0.2) is 53.8 Å². The van der Waals surface area contributed by atoms with Crippen molar-refractivity contribution < 1.29 is 45.1 Å². The minimum Gasteiger partial charge on any atom is -0.313 e. The van der Waals surface area contributed by atoms with Crippen molar-refractivity contribution in [3.05, 3.63) is 76.7 Å². The first-order chi connectivity index (χ1) is 21.3. The van der Waals surface area contributed by atoms with Crippen molar-refractivity contribution in [2.45, 2.75) is 57.4 Å². The summed E-state index contributed by atoms with van der Waals surface area (Å²) in [6, 6.07) is 5.68. The summed E-state index contributed by atoms with van der Waals surface area (Å²) in [6.45, 7) is 4.58. The monoisotopic (exact) mass is 650 g/mol. The third kappa shape index (κ3) is 5.97. The van der Waals surface area contributed by atoms with Crippen LogP contribution < -0.4 is 9.80 Å². The van der Waals surface area contributed by atoms with E-state index in [4.69, 9.17) is 0 Å². The van der Waals surface area contributed by atoms with Gasteiger partial charge >= 0.3 is 12.4 Å². The van der Waals surface area contributed by atoms with Gasteiger partial charge in [0.15, 0.2) is 0 Å². The lowest BCUT2D eigenvalue weighted by Crippen LogP contribution is -2.58. The van der Waals surface area contributed by atoms with E-state index >= 15 is 0 Å². The molecule has 5 rings (SSSR count). The van der Waals surface area contributed by atoms with E-state index < -0.39 is 64.0 Å². The predicted molar refractivity (Wildman–Crippen MR) is 154 cm³/mol. The maximum absolute atomic E-state index is 14.1. The number of nitrogens with zero attached hydrogens (tertiary/aromatic N) is 4. The van der Waals surface area contributed by atoms with Gasteiger partial charge in [-0.25, -0.2) is 14.3 Å². The van der Waals surface area contributed by atoms with Crippen LogP contribution in [0.15, 0.2) is 48.7 Å². The SMILES string of the molecule is Cc1cc(F)ccc1-c1cc(N2C(=O)CN3CCC[C@@H]3C2=O)ncc1N(C)C(=O)C(C)(C)c1cc(C(F)(F)F)cc(C(F)(F)F)c1. The molecule has 3 aromatic rings. The first-order valence-electron chi connectivity index (χ1n) is 14.3. The number of carbonyl (C=O) groups is 3. The Balaban J connectivity index is 1.61. The fourth-order valence-corrected chi connectivity index (χ4v) is 5.99. The van der Waals surface area contributed by atoms with Crippen molar-refractivity contribution in [1.82, 2.24) is 9.88 Å². The van der Waals surface area contributed by atoms with Crippen LogP contribution in [0.2, 0.25) is 0 Å². The number of benzene rings is 2. The second-order valence-electron chi connectivity index (χ2n) is 12.0. The minimum atomic E-state index is -5.12. The fourth-order valence-electron chi connectivity index (χ4n) is 5.99. The number of alkyl halides is 6. The van der Waals surface area contributed by atoms with Crippen LogP contribution in [0.5, 0.6) is 0 Å². The molecule has 0 unspecified atom stereocenters.